The maximum absolute atomic E-state index is 4.68. The van der Waals surface area contributed by atoms with Gasteiger partial charge in [-0.05, 0) is 56.4 Å². The quantitative estimate of drug-likeness (QED) is 0.862. The molecule has 1 N–H and O–H groups in total. The Kier molecular flexibility index (Phi) is 4.07. The first-order valence-electron chi connectivity index (χ1n) is 6.91. The molecular formula is C14H20N2S2. The Labute approximate surface area is 117 Å². The average Bonchev–Trinajstić information content (AvgIpc) is 2.81. The fourth-order valence-corrected chi connectivity index (χ4v) is 4.60. The van der Waals surface area contributed by atoms with Crippen LogP contribution in [0.1, 0.15) is 45.4 Å². The van der Waals surface area contributed by atoms with Crippen LogP contribution < -0.4 is 14.6 Å². The molecule has 0 radical (unpaired) electrons. The number of fused-ring (bicyclic) bond motifs is 1. The summed E-state index contributed by atoms with van der Waals surface area (Å²) < 4.78 is 6.14. The van der Waals surface area contributed by atoms with Gasteiger partial charge in [0.25, 0.3) is 0 Å². The number of nitrogens with one attached hydrogen (secondary N) is 1. The molecule has 18 heavy (non-hydrogen) atoms. The average molecular weight is 280 g/mol. The molecule has 0 saturated heterocycles. The number of thiazole rings is 1. The molecule has 0 spiro atoms. The van der Waals surface area contributed by atoms with Crippen molar-refractivity contribution < 1.29 is 0 Å². The van der Waals surface area contributed by atoms with Gasteiger partial charge in [-0.1, -0.05) is 19.1 Å². The molecule has 98 valence electrons. The molecule has 1 fully saturated rings. The highest BCUT2D eigenvalue weighted by molar-refractivity contribution is 7.99. The van der Waals surface area contributed by atoms with Gasteiger partial charge in [-0.25, -0.2) is 4.98 Å². The van der Waals surface area contributed by atoms with Crippen molar-refractivity contribution in [1.29, 1.82) is 0 Å². The highest BCUT2D eigenvalue weighted by Gasteiger charge is 2.18. The number of hydrogen-bond donors (Lipinski definition) is 1. The summed E-state index contributed by atoms with van der Waals surface area (Å²) >= 11 is 3.57. The van der Waals surface area contributed by atoms with E-state index in [1.807, 2.05) is 11.3 Å². The monoisotopic (exact) mass is 280 g/mol. The second kappa shape index (κ2) is 5.76. The van der Waals surface area contributed by atoms with E-state index in [1.165, 1.54) is 46.3 Å². The first-order valence-corrected chi connectivity index (χ1v) is 8.54. The topological polar surface area (TPSA) is 24.9 Å². The lowest BCUT2D eigenvalue weighted by atomic mass is 9.88. The van der Waals surface area contributed by atoms with Crippen LogP contribution in [0.25, 0.3) is 12.2 Å². The zero-order chi connectivity index (χ0) is 12.4. The summed E-state index contributed by atoms with van der Waals surface area (Å²) in [5, 5.41) is 1.20. The highest BCUT2D eigenvalue weighted by atomic mass is 32.2. The zero-order valence-electron chi connectivity index (χ0n) is 10.8. The van der Waals surface area contributed by atoms with Gasteiger partial charge in [-0.2, -0.15) is 0 Å². The van der Waals surface area contributed by atoms with Crippen molar-refractivity contribution >= 4 is 35.4 Å². The van der Waals surface area contributed by atoms with Crippen LogP contribution >= 0.6 is 23.3 Å². The van der Waals surface area contributed by atoms with Gasteiger partial charge < -0.3 is 0 Å². The second-order valence-corrected chi connectivity index (χ2v) is 7.51. The van der Waals surface area contributed by atoms with Crippen LogP contribution in [0, 0.1) is 5.92 Å². The zero-order valence-corrected chi connectivity index (χ0v) is 12.4. The van der Waals surface area contributed by atoms with E-state index < -0.39 is 0 Å². The summed E-state index contributed by atoms with van der Waals surface area (Å²) in [4.78, 5) is 4.68. The van der Waals surface area contributed by atoms with Crippen LogP contribution in [0.5, 0.6) is 0 Å². The largest absolute Gasteiger partial charge is 0.255 e. The van der Waals surface area contributed by atoms with Crippen LogP contribution in [0.4, 0.5) is 0 Å². The summed E-state index contributed by atoms with van der Waals surface area (Å²) in [6.45, 7) is 2.36. The predicted octanol–water partition coefficient (Wildman–Crippen LogP) is 2.67. The van der Waals surface area contributed by atoms with Gasteiger partial charge in [0, 0.05) is 6.04 Å². The third-order valence-electron chi connectivity index (χ3n) is 3.82. The third-order valence-corrected chi connectivity index (χ3v) is 5.90. The molecular weight excluding hydrogens is 260 g/mol. The van der Waals surface area contributed by atoms with Gasteiger partial charge in [0.2, 0.25) is 0 Å². The standard InChI is InChI=1S/C14H20N2S2/c1-10-6-8-11(9-7-10)16-18-14-15-12-4-2-3-5-13(12)17-14/h4-5,10-11,16H,2-3,6-9H2,1H3. The van der Waals surface area contributed by atoms with Gasteiger partial charge in [-0.15, -0.1) is 11.3 Å². The van der Waals surface area contributed by atoms with Crippen molar-refractivity contribution in [3.8, 4) is 0 Å². The number of hydrogen-bond acceptors (Lipinski definition) is 4. The van der Waals surface area contributed by atoms with E-state index in [2.05, 4.69) is 28.8 Å². The van der Waals surface area contributed by atoms with E-state index in [4.69, 9.17) is 0 Å². The molecule has 1 aromatic rings. The smallest absolute Gasteiger partial charge is 0.166 e. The Morgan fingerprint density at radius 2 is 2.00 bits per heavy atom. The molecule has 1 saturated carbocycles. The Morgan fingerprint density at radius 3 is 2.78 bits per heavy atom. The SMILES string of the molecule is CC1CCC(NSc2nc3c(s2)=CCCC=3)CC1. The fourth-order valence-electron chi connectivity index (χ4n) is 2.60. The van der Waals surface area contributed by atoms with Crippen molar-refractivity contribution in [2.45, 2.75) is 55.8 Å². The number of rotatable bonds is 3. The maximum atomic E-state index is 4.68. The minimum Gasteiger partial charge on any atom is -0.255 e. The van der Waals surface area contributed by atoms with E-state index >= 15 is 0 Å². The third kappa shape index (κ3) is 2.98. The first-order chi connectivity index (χ1) is 8.81. The van der Waals surface area contributed by atoms with Crippen LogP contribution in [0.2, 0.25) is 0 Å². The lowest BCUT2D eigenvalue weighted by Gasteiger charge is -2.26. The molecule has 0 unspecified atom stereocenters. The second-order valence-electron chi connectivity index (χ2n) is 5.39. The lowest BCUT2D eigenvalue weighted by molar-refractivity contribution is 0.337. The number of nitrogens with zero attached hydrogens (tertiary/aromatic N) is 1. The molecule has 0 aliphatic heterocycles. The summed E-state index contributed by atoms with van der Waals surface area (Å²) in [5.74, 6) is 0.921. The first kappa shape index (κ1) is 12.7. The molecule has 2 aliphatic carbocycles. The van der Waals surface area contributed by atoms with Crippen LogP contribution in [0.3, 0.4) is 0 Å². The molecule has 0 atom stereocenters. The van der Waals surface area contributed by atoms with Crippen LogP contribution in [0.15, 0.2) is 4.34 Å². The van der Waals surface area contributed by atoms with Crippen molar-refractivity contribution in [3.05, 3.63) is 9.88 Å². The Balaban J connectivity index is 1.59. The van der Waals surface area contributed by atoms with Crippen LogP contribution in [-0.4, -0.2) is 11.0 Å². The maximum Gasteiger partial charge on any atom is 0.166 e. The van der Waals surface area contributed by atoms with Crippen molar-refractivity contribution in [3.63, 3.8) is 0 Å². The summed E-state index contributed by atoms with van der Waals surface area (Å²) in [5.41, 5.74) is 0. The van der Waals surface area contributed by atoms with Gasteiger partial charge >= 0.3 is 0 Å². The molecule has 0 amide bonds. The number of aromatic nitrogens is 1. The van der Waals surface area contributed by atoms with E-state index in [1.54, 1.807) is 11.9 Å². The van der Waals surface area contributed by atoms with E-state index in [0.717, 1.165) is 12.3 Å². The van der Waals surface area contributed by atoms with Gasteiger partial charge in [0.15, 0.2) is 4.34 Å². The van der Waals surface area contributed by atoms with E-state index in [-0.39, 0.29) is 0 Å². The Morgan fingerprint density at radius 1 is 1.22 bits per heavy atom. The van der Waals surface area contributed by atoms with E-state index in [0.29, 0.717) is 6.04 Å². The fraction of sp³-hybridized carbons (Fsp3) is 0.643. The van der Waals surface area contributed by atoms with Gasteiger partial charge in [0.1, 0.15) is 0 Å². The summed E-state index contributed by atoms with van der Waals surface area (Å²) in [7, 11) is 0. The highest BCUT2D eigenvalue weighted by Crippen LogP contribution is 2.26. The molecule has 3 rings (SSSR count). The molecule has 4 heteroatoms. The summed E-state index contributed by atoms with van der Waals surface area (Å²) in [6.07, 6.45) is 12.3. The molecule has 1 heterocycles. The molecule has 1 aromatic heterocycles. The van der Waals surface area contributed by atoms with Crippen LogP contribution in [-0.2, 0) is 0 Å². The van der Waals surface area contributed by atoms with E-state index in [9.17, 15) is 0 Å². The van der Waals surface area contributed by atoms with Gasteiger partial charge in [0.05, 0.1) is 9.88 Å². The molecule has 2 aliphatic rings. The molecule has 2 nitrogen and oxygen atoms in total. The minimum atomic E-state index is 0.681. The van der Waals surface area contributed by atoms with Crippen molar-refractivity contribution in [2.75, 3.05) is 0 Å². The Bertz CT molecular complexity index is 479. The Hall–Kier alpha value is -0.320. The minimum absolute atomic E-state index is 0.681. The molecule has 0 aromatic carbocycles. The molecule has 0 bridgehead atoms. The normalized spacial score (nSPS) is 27.2. The van der Waals surface area contributed by atoms with Gasteiger partial charge in [-0.3, -0.25) is 4.72 Å². The lowest BCUT2D eigenvalue weighted by Crippen LogP contribution is -2.27. The van der Waals surface area contributed by atoms with Crippen molar-refractivity contribution in [2.24, 2.45) is 5.92 Å². The summed E-state index contributed by atoms with van der Waals surface area (Å²) in [6, 6.07) is 0.681. The van der Waals surface area contributed by atoms with Crippen molar-refractivity contribution in [1.82, 2.24) is 9.71 Å². The predicted molar refractivity (Wildman–Crippen MR) is 79.9 cm³/mol.